The molecule has 0 bridgehead atoms. The van der Waals surface area contributed by atoms with Crippen LogP contribution in [0.15, 0.2) is 42.0 Å². The molecule has 0 aliphatic heterocycles. The van der Waals surface area contributed by atoms with E-state index in [9.17, 15) is 4.79 Å². The minimum atomic E-state index is -0.408. The second-order valence-electron chi connectivity index (χ2n) is 14.7. The van der Waals surface area contributed by atoms with Crippen LogP contribution in [0.5, 0.6) is 5.75 Å². The Labute approximate surface area is 243 Å². The third kappa shape index (κ3) is 5.91. The number of fused-ring (bicyclic) bond motifs is 5. The fourth-order valence-corrected chi connectivity index (χ4v) is 10.8. The van der Waals surface area contributed by atoms with Crippen molar-refractivity contribution in [2.75, 3.05) is 0 Å². The summed E-state index contributed by atoms with van der Waals surface area (Å²) >= 11 is 1.55. The van der Waals surface area contributed by atoms with E-state index in [1.807, 2.05) is 37.3 Å². The summed E-state index contributed by atoms with van der Waals surface area (Å²) in [5.74, 6) is 6.03. The predicted octanol–water partition coefficient (Wildman–Crippen LogP) is 10.1. The van der Waals surface area contributed by atoms with Crippen molar-refractivity contribution in [2.45, 2.75) is 124 Å². The Morgan fingerprint density at radius 3 is 2.49 bits per heavy atom. The van der Waals surface area contributed by atoms with Gasteiger partial charge in [-0.1, -0.05) is 95.5 Å². The quantitative estimate of drug-likeness (QED) is 0.286. The van der Waals surface area contributed by atoms with Gasteiger partial charge in [-0.2, -0.15) is 0 Å². The summed E-state index contributed by atoms with van der Waals surface area (Å²) in [4.78, 5) is 13.0. The van der Waals surface area contributed by atoms with Crippen molar-refractivity contribution in [2.24, 2.45) is 46.3 Å². The molecule has 0 amide bonds. The molecule has 0 aromatic heterocycles. The lowest BCUT2D eigenvalue weighted by Gasteiger charge is -2.58. The van der Waals surface area contributed by atoms with Gasteiger partial charge in [0, 0.05) is 5.25 Å². The van der Waals surface area contributed by atoms with Crippen molar-refractivity contribution in [3.63, 3.8) is 0 Å². The van der Waals surface area contributed by atoms with E-state index in [-0.39, 0.29) is 5.12 Å². The average Bonchev–Trinajstić information content (AvgIpc) is 3.26. The molecule has 0 spiro atoms. The van der Waals surface area contributed by atoms with Crippen molar-refractivity contribution in [1.82, 2.24) is 0 Å². The van der Waals surface area contributed by atoms with Gasteiger partial charge in [0.2, 0.25) is 5.12 Å². The van der Waals surface area contributed by atoms with Crippen molar-refractivity contribution in [3.05, 3.63) is 42.0 Å². The molecule has 5 rings (SSSR count). The molecular weight excluding hydrogens is 496 g/mol. The number of carbonyl (C=O) groups excluding carboxylic acids is 1. The van der Waals surface area contributed by atoms with E-state index in [4.69, 9.17) is 4.74 Å². The number of ether oxygens (including phenoxy) is 1. The van der Waals surface area contributed by atoms with Crippen LogP contribution in [0.4, 0.5) is 0 Å². The Morgan fingerprint density at radius 2 is 1.74 bits per heavy atom. The minimum Gasteiger partial charge on any atom is -0.482 e. The van der Waals surface area contributed by atoms with Gasteiger partial charge in [-0.3, -0.25) is 4.79 Å². The maximum atomic E-state index is 13.0. The van der Waals surface area contributed by atoms with Crippen molar-refractivity contribution >= 4 is 16.9 Å². The SMILES string of the molecule is CC(C)CCC[C@@H](C)[C@@H]1CC[C@@H]2[C@H]3CC=C4C[C@@H](SC(=O)[C@@H](C)Oc5ccccc5)CC[C@]4(C)[C@@H]3CC[C@@]21C. The third-order valence-corrected chi connectivity index (χ3v) is 13.2. The van der Waals surface area contributed by atoms with E-state index < -0.39 is 6.10 Å². The molecule has 1 aromatic rings. The van der Waals surface area contributed by atoms with Crippen LogP contribution >= 0.6 is 11.8 Å². The molecule has 0 unspecified atom stereocenters. The molecule has 3 fully saturated rings. The normalized spacial score (nSPS) is 37.3. The molecular formula is C36H54O2S. The average molecular weight is 551 g/mol. The first-order valence-corrected chi connectivity index (χ1v) is 17.1. The molecule has 0 saturated heterocycles. The van der Waals surface area contributed by atoms with Crippen molar-refractivity contribution in [3.8, 4) is 5.75 Å². The number of benzene rings is 1. The Bertz CT molecular complexity index is 1020. The van der Waals surface area contributed by atoms with Gasteiger partial charge in [-0.15, -0.1) is 0 Å². The summed E-state index contributed by atoms with van der Waals surface area (Å²) in [7, 11) is 0. The number of rotatable bonds is 9. The van der Waals surface area contributed by atoms with E-state index in [2.05, 4.69) is 40.7 Å². The largest absolute Gasteiger partial charge is 0.482 e. The van der Waals surface area contributed by atoms with E-state index in [1.54, 1.807) is 17.3 Å². The van der Waals surface area contributed by atoms with Crippen LogP contribution in [0.25, 0.3) is 0 Å². The predicted molar refractivity (Wildman–Crippen MR) is 166 cm³/mol. The maximum absolute atomic E-state index is 13.0. The molecule has 1 aromatic carbocycles. The van der Waals surface area contributed by atoms with E-state index in [0.29, 0.717) is 16.1 Å². The topological polar surface area (TPSA) is 26.3 Å². The smallest absolute Gasteiger partial charge is 0.229 e. The van der Waals surface area contributed by atoms with Gasteiger partial charge in [0.25, 0.3) is 0 Å². The van der Waals surface area contributed by atoms with E-state index >= 15 is 0 Å². The first-order valence-electron chi connectivity index (χ1n) is 16.2. The number of allylic oxidation sites excluding steroid dienone is 2. The monoisotopic (exact) mass is 550 g/mol. The summed E-state index contributed by atoms with van der Waals surface area (Å²) in [5.41, 5.74) is 2.57. The van der Waals surface area contributed by atoms with Crippen LogP contribution in [0.2, 0.25) is 0 Å². The highest BCUT2D eigenvalue weighted by Gasteiger charge is 2.59. The second kappa shape index (κ2) is 11.9. The Balaban J connectivity index is 1.21. The van der Waals surface area contributed by atoms with Crippen LogP contribution in [-0.2, 0) is 4.79 Å². The van der Waals surface area contributed by atoms with Gasteiger partial charge in [-0.25, -0.2) is 0 Å². The highest BCUT2D eigenvalue weighted by molar-refractivity contribution is 8.14. The molecule has 4 aliphatic carbocycles. The highest BCUT2D eigenvalue weighted by Crippen LogP contribution is 2.67. The fourth-order valence-electron chi connectivity index (χ4n) is 9.76. The number of hydrogen-bond acceptors (Lipinski definition) is 3. The Kier molecular flexibility index (Phi) is 8.97. The first-order chi connectivity index (χ1) is 18.6. The summed E-state index contributed by atoms with van der Waals surface area (Å²) in [5, 5.41) is 0.571. The Morgan fingerprint density at radius 1 is 0.974 bits per heavy atom. The van der Waals surface area contributed by atoms with Gasteiger partial charge in [0.15, 0.2) is 6.10 Å². The van der Waals surface area contributed by atoms with Crippen LogP contribution in [0.3, 0.4) is 0 Å². The molecule has 0 N–H and O–H groups in total. The molecule has 216 valence electrons. The minimum absolute atomic E-state index is 0.176. The van der Waals surface area contributed by atoms with Gasteiger partial charge < -0.3 is 4.74 Å². The van der Waals surface area contributed by atoms with Gasteiger partial charge in [-0.05, 0) is 117 Å². The molecule has 3 saturated carbocycles. The molecule has 0 heterocycles. The molecule has 3 heteroatoms. The van der Waals surface area contributed by atoms with E-state index in [1.165, 1.54) is 57.8 Å². The number of para-hydroxylation sites is 1. The van der Waals surface area contributed by atoms with Crippen molar-refractivity contribution in [1.29, 1.82) is 0 Å². The lowest BCUT2D eigenvalue weighted by atomic mass is 9.47. The third-order valence-electron chi connectivity index (χ3n) is 11.9. The Hall–Kier alpha value is -1.22. The summed E-state index contributed by atoms with van der Waals surface area (Å²) in [6.45, 7) is 14.5. The van der Waals surface area contributed by atoms with Crippen LogP contribution in [0, 0.1) is 46.3 Å². The zero-order chi connectivity index (χ0) is 27.8. The van der Waals surface area contributed by atoms with Crippen LogP contribution in [-0.4, -0.2) is 16.5 Å². The molecule has 9 atom stereocenters. The molecule has 2 nitrogen and oxygen atoms in total. The highest BCUT2D eigenvalue weighted by atomic mass is 32.2. The van der Waals surface area contributed by atoms with Gasteiger partial charge in [0.05, 0.1) is 0 Å². The zero-order valence-electron chi connectivity index (χ0n) is 25.6. The van der Waals surface area contributed by atoms with Crippen LogP contribution < -0.4 is 4.74 Å². The summed E-state index contributed by atoms with van der Waals surface area (Å²) in [6.07, 6.45) is 17.0. The summed E-state index contributed by atoms with van der Waals surface area (Å²) in [6, 6.07) is 9.75. The standard InChI is InChI=1S/C36H54O2S/c1-24(2)11-10-12-25(3)31-17-18-32-30-16-15-27-23-29(19-21-35(27,5)33(30)20-22-36(31,32)6)39-34(37)26(4)38-28-13-8-7-9-14-28/h7-9,13-15,24-26,29-33H,10-12,16-23H2,1-6H3/t25-,26-,29+,30-,31+,32-,33-,35+,36-/m1/s1. The zero-order valence-corrected chi connectivity index (χ0v) is 26.4. The van der Waals surface area contributed by atoms with Gasteiger partial charge in [0.1, 0.15) is 5.75 Å². The van der Waals surface area contributed by atoms with E-state index in [0.717, 1.165) is 54.1 Å². The van der Waals surface area contributed by atoms with Crippen LogP contribution in [0.1, 0.15) is 112 Å². The molecule has 39 heavy (non-hydrogen) atoms. The number of carbonyl (C=O) groups is 1. The lowest BCUT2D eigenvalue weighted by Crippen LogP contribution is -2.50. The second-order valence-corrected chi connectivity index (χ2v) is 16.0. The number of hydrogen-bond donors (Lipinski definition) is 0. The maximum Gasteiger partial charge on any atom is 0.229 e. The first kappa shape index (κ1) is 29.3. The summed E-state index contributed by atoms with van der Waals surface area (Å²) < 4.78 is 5.94. The molecule has 0 radical (unpaired) electrons. The lowest BCUT2D eigenvalue weighted by molar-refractivity contribution is -0.116. The van der Waals surface area contributed by atoms with Gasteiger partial charge >= 0.3 is 0 Å². The molecule has 4 aliphatic rings. The fraction of sp³-hybridized carbons (Fsp3) is 0.750. The number of thioether (sulfide) groups is 1. The van der Waals surface area contributed by atoms with Crippen molar-refractivity contribution < 1.29 is 9.53 Å².